The normalized spacial score (nSPS) is 11.1. The number of aromatic nitrogens is 2. The summed E-state index contributed by atoms with van der Waals surface area (Å²) in [5.74, 6) is 1.25. The lowest BCUT2D eigenvalue weighted by Gasteiger charge is -2.16. The maximum Gasteiger partial charge on any atom is 0.138 e. The van der Waals surface area contributed by atoms with Crippen molar-refractivity contribution in [3.8, 4) is 28.0 Å². The summed E-state index contributed by atoms with van der Waals surface area (Å²) < 4.78 is 6.28. The average molecular weight is 433 g/mol. The highest BCUT2D eigenvalue weighted by atomic mass is 35.5. The van der Waals surface area contributed by atoms with E-state index in [2.05, 4.69) is 37.0 Å². The molecule has 31 heavy (non-hydrogen) atoms. The minimum atomic E-state index is 0.463. The van der Waals surface area contributed by atoms with Crippen LogP contribution in [0, 0.1) is 13.8 Å². The van der Waals surface area contributed by atoms with Crippen molar-refractivity contribution >= 4 is 28.3 Å². The molecule has 6 heteroatoms. The average Bonchev–Trinajstić information content (AvgIpc) is 2.73. The number of nitrogens with two attached hydrogens (primary N) is 2. The number of hydrogen-bond acceptors (Lipinski definition) is 5. The number of nitrogen functional groups attached to an aromatic ring is 1. The molecule has 5 nitrogen and oxygen atoms in total. The van der Waals surface area contributed by atoms with Gasteiger partial charge in [-0.1, -0.05) is 40.9 Å². The third-order valence-corrected chi connectivity index (χ3v) is 5.44. The number of rotatable bonds is 6. The molecule has 4 rings (SSSR count). The number of halogens is 1. The van der Waals surface area contributed by atoms with Crippen molar-refractivity contribution in [2.45, 2.75) is 20.3 Å². The third kappa shape index (κ3) is 4.48. The first-order valence-electron chi connectivity index (χ1n) is 10.2. The summed E-state index contributed by atoms with van der Waals surface area (Å²) in [6, 6.07) is 14.0. The Morgan fingerprint density at radius 3 is 2.35 bits per heavy atom. The number of benzene rings is 2. The lowest BCUT2D eigenvalue weighted by molar-refractivity contribution is 0.318. The van der Waals surface area contributed by atoms with Crippen LogP contribution >= 0.6 is 11.6 Å². The van der Waals surface area contributed by atoms with E-state index in [1.807, 2.05) is 24.4 Å². The van der Waals surface area contributed by atoms with Gasteiger partial charge in [-0.25, -0.2) is 4.98 Å². The quantitative estimate of drug-likeness (QED) is 0.390. The summed E-state index contributed by atoms with van der Waals surface area (Å²) in [6.45, 7) is 5.27. The molecular weight excluding hydrogens is 408 g/mol. The van der Waals surface area contributed by atoms with Crippen molar-refractivity contribution in [1.29, 1.82) is 0 Å². The third-order valence-electron chi connectivity index (χ3n) is 5.13. The Morgan fingerprint density at radius 1 is 0.903 bits per heavy atom. The monoisotopic (exact) mass is 432 g/mol. The van der Waals surface area contributed by atoms with Gasteiger partial charge in [-0.15, -0.1) is 0 Å². The van der Waals surface area contributed by atoms with Crippen LogP contribution in [-0.4, -0.2) is 23.1 Å². The second kappa shape index (κ2) is 8.92. The molecule has 4 aromatic rings. The fourth-order valence-electron chi connectivity index (χ4n) is 3.72. The maximum atomic E-state index is 6.60. The van der Waals surface area contributed by atoms with Crippen molar-refractivity contribution < 1.29 is 4.74 Å². The molecule has 0 aliphatic heterocycles. The van der Waals surface area contributed by atoms with Crippen molar-refractivity contribution in [1.82, 2.24) is 9.97 Å². The minimum Gasteiger partial charge on any atom is -0.492 e. The van der Waals surface area contributed by atoms with E-state index in [4.69, 9.17) is 32.8 Å². The summed E-state index contributed by atoms with van der Waals surface area (Å²) in [6.07, 6.45) is 4.34. The Balaban J connectivity index is 1.94. The van der Waals surface area contributed by atoms with Gasteiger partial charge in [0, 0.05) is 34.5 Å². The second-order valence-electron chi connectivity index (χ2n) is 7.69. The number of ether oxygens (including phenoxy) is 1. The topological polar surface area (TPSA) is 87.0 Å². The molecule has 2 aromatic heterocycles. The van der Waals surface area contributed by atoms with E-state index in [9.17, 15) is 0 Å². The summed E-state index contributed by atoms with van der Waals surface area (Å²) in [5.41, 5.74) is 18.3. The molecule has 0 unspecified atom stereocenters. The zero-order valence-corrected chi connectivity index (χ0v) is 18.4. The van der Waals surface area contributed by atoms with Crippen LogP contribution in [0.4, 0.5) is 5.82 Å². The minimum absolute atomic E-state index is 0.463. The van der Waals surface area contributed by atoms with E-state index in [-0.39, 0.29) is 0 Å². The zero-order chi connectivity index (χ0) is 22.0. The Bertz CT molecular complexity index is 1220. The fourth-order valence-corrected chi connectivity index (χ4v) is 3.99. The lowest BCUT2D eigenvalue weighted by Crippen LogP contribution is -2.07. The Hall–Kier alpha value is -3.15. The molecule has 0 spiro atoms. The molecule has 0 aliphatic rings. The smallest absolute Gasteiger partial charge is 0.138 e. The molecule has 0 amide bonds. The van der Waals surface area contributed by atoms with Crippen LogP contribution in [0.15, 0.2) is 54.9 Å². The van der Waals surface area contributed by atoms with Gasteiger partial charge in [0.25, 0.3) is 0 Å². The molecule has 0 saturated carbocycles. The molecule has 0 fully saturated rings. The fraction of sp³-hybridized carbons (Fsp3) is 0.200. The van der Waals surface area contributed by atoms with Crippen molar-refractivity contribution in [3.05, 3.63) is 71.0 Å². The van der Waals surface area contributed by atoms with Crippen LogP contribution in [0.5, 0.6) is 5.75 Å². The highest BCUT2D eigenvalue weighted by Crippen LogP contribution is 2.40. The van der Waals surface area contributed by atoms with E-state index >= 15 is 0 Å². The van der Waals surface area contributed by atoms with Crippen molar-refractivity contribution in [2.24, 2.45) is 5.73 Å². The molecule has 158 valence electrons. The molecule has 0 bridgehead atoms. The molecule has 0 radical (unpaired) electrons. The number of nitrogens with zero attached hydrogens (tertiary/aromatic N) is 2. The number of aryl methyl sites for hydroxylation is 2. The Morgan fingerprint density at radius 2 is 1.68 bits per heavy atom. The lowest BCUT2D eigenvalue weighted by atomic mass is 9.98. The summed E-state index contributed by atoms with van der Waals surface area (Å²) >= 11 is 6.60. The predicted octanol–water partition coefficient (Wildman–Crippen LogP) is 5.54. The molecule has 0 saturated heterocycles. The van der Waals surface area contributed by atoms with Crippen molar-refractivity contribution in [2.75, 3.05) is 18.9 Å². The van der Waals surface area contributed by atoms with E-state index in [0.717, 1.165) is 45.3 Å². The van der Waals surface area contributed by atoms with E-state index in [1.54, 1.807) is 12.3 Å². The van der Waals surface area contributed by atoms with Crippen molar-refractivity contribution in [3.63, 3.8) is 0 Å². The maximum absolute atomic E-state index is 6.60. The summed E-state index contributed by atoms with van der Waals surface area (Å²) in [5, 5.41) is 1.49. The number of fused-ring (bicyclic) bond motifs is 1. The first-order chi connectivity index (χ1) is 15.0. The van der Waals surface area contributed by atoms with Crippen LogP contribution in [0.25, 0.3) is 33.2 Å². The van der Waals surface area contributed by atoms with Crippen LogP contribution < -0.4 is 16.2 Å². The van der Waals surface area contributed by atoms with Gasteiger partial charge in [-0.3, -0.25) is 4.98 Å². The first kappa shape index (κ1) is 21.1. The first-order valence-corrected chi connectivity index (χ1v) is 10.6. The van der Waals surface area contributed by atoms with Gasteiger partial charge in [-0.2, -0.15) is 0 Å². The highest BCUT2D eigenvalue weighted by molar-refractivity contribution is 6.34. The van der Waals surface area contributed by atoms with Crippen LogP contribution in [0.3, 0.4) is 0 Å². The van der Waals surface area contributed by atoms with Crippen LogP contribution in [-0.2, 0) is 0 Å². The summed E-state index contributed by atoms with van der Waals surface area (Å²) in [4.78, 5) is 8.89. The van der Waals surface area contributed by atoms with E-state index < -0.39 is 0 Å². The van der Waals surface area contributed by atoms with Gasteiger partial charge < -0.3 is 16.2 Å². The standard InChI is InChI=1S/C25H25ClN4O/c1-15-8-16(2)10-18(9-15)21-14-29-23-12-22(26)19(17-4-5-24(28)30-13-17)11-20(23)25(21)31-7-3-6-27/h4-5,8-14H,3,6-7,27H2,1-2H3,(H2,28,30). The summed E-state index contributed by atoms with van der Waals surface area (Å²) in [7, 11) is 0. The molecule has 4 N–H and O–H groups in total. The molecule has 0 atom stereocenters. The van der Waals surface area contributed by atoms with Gasteiger partial charge in [0.2, 0.25) is 0 Å². The highest BCUT2D eigenvalue weighted by Gasteiger charge is 2.16. The zero-order valence-electron chi connectivity index (χ0n) is 17.7. The predicted molar refractivity (Wildman–Crippen MR) is 128 cm³/mol. The van der Waals surface area contributed by atoms with Crippen LogP contribution in [0.1, 0.15) is 17.5 Å². The second-order valence-corrected chi connectivity index (χ2v) is 8.10. The van der Waals surface area contributed by atoms with Gasteiger partial charge in [0.05, 0.1) is 17.1 Å². The largest absolute Gasteiger partial charge is 0.492 e. The van der Waals surface area contributed by atoms with Gasteiger partial charge >= 0.3 is 0 Å². The Labute approximate surface area is 187 Å². The number of anilines is 1. The van der Waals surface area contributed by atoms with Crippen LogP contribution in [0.2, 0.25) is 5.02 Å². The SMILES string of the molecule is Cc1cc(C)cc(-c2cnc3cc(Cl)c(-c4ccc(N)nc4)cc3c2OCCCN)c1. The number of pyridine rings is 2. The number of hydrogen-bond donors (Lipinski definition) is 2. The molecule has 2 aromatic carbocycles. The Kier molecular flexibility index (Phi) is 6.07. The van der Waals surface area contributed by atoms with E-state index in [1.165, 1.54) is 11.1 Å². The molecule has 0 aliphatic carbocycles. The van der Waals surface area contributed by atoms with Gasteiger partial charge in [-0.05, 0) is 56.6 Å². The van der Waals surface area contributed by atoms with E-state index in [0.29, 0.717) is 24.0 Å². The van der Waals surface area contributed by atoms with Gasteiger partial charge in [0.15, 0.2) is 0 Å². The molecule has 2 heterocycles. The van der Waals surface area contributed by atoms with Gasteiger partial charge in [0.1, 0.15) is 11.6 Å². The molecular formula is C25H25ClN4O.